The van der Waals surface area contributed by atoms with Crippen molar-refractivity contribution < 1.29 is 8.42 Å². The van der Waals surface area contributed by atoms with Crippen LogP contribution in [-0.2, 0) is 9.84 Å². The number of anilines is 1. The number of sulfone groups is 1. The second kappa shape index (κ2) is 7.12. The van der Waals surface area contributed by atoms with E-state index in [1.54, 1.807) is 6.33 Å². The molecule has 1 aliphatic carbocycles. The summed E-state index contributed by atoms with van der Waals surface area (Å²) >= 11 is 0. The highest BCUT2D eigenvalue weighted by molar-refractivity contribution is 7.91. The summed E-state index contributed by atoms with van der Waals surface area (Å²) in [5.74, 6) is 1.56. The third-order valence-corrected chi connectivity index (χ3v) is 7.33. The van der Waals surface area contributed by atoms with Gasteiger partial charge in [0.15, 0.2) is 9.84 Å². The molecule has 2 aliphatic rings. The van der Waals surface area contributed by atoms with Crippen molar-refractivity contribution in [3.8, 4) is 0 Å². The van der Waals surface area contributed by atoms with E-state index in [9.17, 15) is 8.42 Å². The maximum absolute atomic E-state index is 11.6. The molecule has 1 aliphatic heterocycles. The first-order valence-corrected chi connectivity index (χ1v) is 11.2. The number of fused-ring (bicyclic) bond motifs is 1. The molecule has 2 fully saturated rings. The van der Waals surface area contributed by atoms with Crippen LogP contribution in [0.4, 0.5) is 5.82 Å². The predicted molar refractivity (Wildman–Crippen MR) is 104 cm³/mol. The third kappa shape index (κ3) is 3.83. The Hall–Kier alpha value is -1.73. The molecule has 1 N–H and O–H groups in total. The fraction of sp³-hybridized carbons (Fsp3) is 0.579. The Morgan fingerprint density at radius 1 is 1.08 bits per heavy atom. The molecular formula is C19H26N4O2S. The molecule has 0 amide bonds. The molecule has 2 heterocycles. The SMILES string of the molecule is Cc1ccc2ncnc(NC3CCC(N4CCS(=O)(=O)CC4)CC3)c2c1. The van der Waals surface area contributed by atoms with E-state index in [1.807, 2.05) is 6.07 Å². The molecule has 1 aromatic heterocycles. The summed E-state index contributed by atoms with van der Waals surface area (Å²) in [7, 11) is -2.80. The Morgan fingerprint density at radius 3 is 2.54 bits per heavy atom. The fourth-order valence-corrected chi connectivity index (χ4v) is 5.39. The molecule has 0 spiro atoms. The molecule has 1 aromatic carbocycles. The molecule has 1 saturated carbocycles. The van der Waals surface area contributed by atoms with Crippen molar-refractivity contribution in [2.24, 2.45) is 0 Å². The van der Waals surface area contributed by atoms with E-state index in [0.717, 1.165) is 42.4 Å². The summed E-state index contributed by atoms with van der Waals surface area (Å²) in [4.78, 5) is 11.2. The molecule has 6 nitrogen and oxygen atoms in total. The van der Waals surface area contributed by atoms with Crippen molar-refractivity contribution in [3.05, 3.63) is 30.1 Å². The standard InChI is InChI=1S/C19H26N4O2S/c1-14-2-7-18-17(12-14)19(21-13-20-18)22-15-3-5-16(6-4-15)23-8-10-26(24,25)11-9-23/h2,7,12-13,15-16H,3-6,8-11H2,1H3,(H,20,21,22). The van der Waals surface area contributed by atoms with Crippen LogP contribution in [0.1, 0.15) is 31.2 Å². The fourth-order valence-electron chi connectivity index (χ4n) is 4.16. The Kier molecular flexibility index (Phi) is 4.84. The first-order valence-electron chi connectivity index (χ1n) is 9.42. The van der Waals surface area contributed by atoms with E-state index in [0.29, 0.717) is 36.7 Å². The molecule has 4 rings (SSSR count). The van der Waals surface area contributed by atoms with Crippen molar-refractivity contribution in [2.45, 2.75) is 44.7 Å². The van der Waals surface area contributed by atoms with E-state index in [2.05, 4.69) is 39.2 Å². The van der Waals surface area contributed by atoms with Crippen LogP contribution in [0.2, 0.25) is 0 Å². The van der Waals surface area contributed by atoms with Gasteiger partial charge in [-0.05, 0) is 44.7 Å². The summed E-state index contributed by atoms with van der Waals surface area (Å²) in [5.41, 5.74) is 2.18. The maximum Gasteiger partial charge on any atom is 0.152 e. The molecule has 26 heavy (non-hydrogen) atoms. The van der Waals surface area contributed by atoms with Gasteiger partial charge in [0.2, 0.25) is 0 Å². The Bertz CT molecular complexity index is 878. The second-order valence-electron chi connectivity index (χ2n) is 7.58. The average molecular weight is 375 g/mol. The van der Waals surface area contributed by atoms with Crippen molar-refractivity contribution in [3.63, 3.8) is 0 Å². The van der Waals surface area contributed by atoms with Crippen molar-refractivity contribution in [1.82, 2.24) is 14.9 Å². The van der Waals surface area contributed by atoms with E-state index in [4.69, 9.17) is 0 Å². The van der Waals surface area contributed by atoms with Crippen LogP contribution in [0, 0.1) is 6.92 Å². The van der Waals surface area contributed by atoms with E-state index in [1.165, 1.54) is 5.56 Å². The molecule has 0 bridgehead atoms. The normalized spacial score (nSPS) is 26.7. The largest absolute Gasteiger partial charge is 0.367 e. The summed E-state index contributed by atoms with van der Waals surface area (Å²) in [6, 6.07) is 7.19. The minimum absolute atomic E-state index is 0.317. The zero-order valence-corrected chi connectivity index (χ0v) is 16.0. The molecule has 2 aromatic rings. The molecule has 140 valence electrons. The van der Waals surface area contributed by atoms with Gasteiger partial charge in [-0.1, -0.05) is 11.6 Å². The lowest BCUT2D eigenvalue weighted by Gasteiger charge is -2.39. The van der Waals surface area contributed by atoms with Crippen LogP contribution < -0.4 is 5.32 Å². The number of rotatable bonds is 3. The van der Waals surface area contributed by atoms with Gasteiger partial charge in [0.1, 0.15) is 12.1 Å². The highest BCUT2D eigenvalue weighted by Gasteiger charge is 2.30. The van der Waals surface area contributed by atoms with Gasteiger partial charge in [0, 0.05) is 30.6 Å². The van der Waals surface area contributed by atoms with E-state index in [-0.39, 0.29) is 0 Å². The molecule has 1 saturated heterocycles. The average Bonchev–Trinajstić information content (AvgIpc) is 2.63. The second-order valence-corrected chi connectivity index (χ2v) is 9.88. The highest BCUT2D eigenvalue weighted by Crippen LogP contribution is 2.28. The van der Waals surface area contributed by atoms with Crippen LogP contribution in [0.15, 0.2) is 24.5 Å². The maximum atomic E-state index is 11.6. The summed E-state index contributed by atoms with van der Waals surface area (Å²) < 4.78 is 23.2. The van der Waals surface area contributed by atoms with Crippen molar-refractivity contribution in [2.75, 3.05) is 29.9 Å². The Morgan fingerprint density at radius 2 is 1.81 bits per heavy atom. The Labute approximate surface area is 154 Å². The number of nitrogens with one attached hydrogen (secondary N) is 1. The van der Waals surface area contributed by atoms with Gasteiger partial charge in [-0.2, -0.15) is 0 Å². The molecule has 0 atom stereocenters. The quantitative estimate of drug-likeness (QED) is 0.889. The zero-order valence-electron chi connectivity index (χ0n) is 15.2. The van der Waals surface area contributed by atoms with Gasteiger partial charge >= 0.3 is 0 Å². The molecule has 0 unspecified atom stereocenters. The zero-order chi connectivity index (χ0) is 18.1. The number of benzene rings is 1. The van der Waals surface area contributed by atoms with Crippen LogP contribution in [0.5, 0.6) is 0 Å². The number of aromatic nitrogens is 2. The molecule has 7 heteroatoms. The van der Waals surface area contributed by atoms with Crippen molar-refractivity contribution in [1.29, 1.82) is 0 Å². The monoisotopic (exact) mass is 374 g/mol. The smallest absolute Gasteiger partial charge is 0.152 e. The summed E-state index contributed by atoms with van der Waals surface area (Å²) in [5, 5.41) is 4.70. The van der Waals surface area contributed by atoms with Gasteiger partial charge in [-0.3, -0.25) is 4.90 Å². The van der Waals surface area contributed by atoms with Gasteiger partial charge in [-0.25, -0.2) is 18.4 Å². The number of aryl methyl sites for hydroxylation is 1. The summed E-state index contributed by atoms with van der Waals surface area (Å²) in [6.07, 6.45) is 6.02. The van der Waals surface area contributed by atoms with E-state index < -0.39 is 9.84 Å². The van der Waals surface area contributed by atoms with Gasteiger partial charge in [0.05, 0.1) is 17.0 Å². The van der Waals surface area contributed by atoms with E-state index >= 15 is 0 Å². The lowest BCUT2D eigenvalue weighted by Crippen LogP contribution is -2.48. The van der Waals surface area contributed by atoms with Gasteiger partial charge in [-0.15, -0.1) is 0 Å². The van der Waals surface area contributed by atoms with Gasteiger partial charge < -0.3 is 5.32 Å². The van der Waals surface area contributed by atoms with Crippen LogP contribution in [-0.4, -0.2) is 60.0 Å². The Balaban J connectivity index is 1.38. The van der Waals surface area contributed by atoms with Gasteiger partial charge in [0.25, 0.3) is 0 Å². The predicted octanol–water partition coefficient (Wildman–Crippen LogP) is 2.39. The van der Waals surface area contributed by atoms with Crippen LogP contribution in [0.3, 0.4) is 0 Å². The van der Waals surface area contributed by atoms with Crippen LogP contribution in [0.25, 0.3) is 10.9 Å². The number of nitrogens with zero attached hydrogens (tertiary/aromatic N) is 3. The third-order valence-electron chi connectivity index (χ3n) is 5.72. The summed E-state index contributed by atoms with van der Waals surface area (Å²) in [6.45, 7) is 3.47. The minimum atomic E-state index is -2.80. The minimum Gasteiger partial charge on any atom is -0.367 e. The number of hydrogen-bond acceptors (Lipinski definition) is 6. The number of hydrogen-bond donors (Lipinski definition) is 1. The molecular weight excluding hydrogens is 348 g/mol. The van der Waals surface area contributed by atoms with Crippen LogP contribution >= 0.6 is 0 Å². The first-order chi connectivity index (χ1) is 12.5. The topological polar surface area (TPSA) is 75.2 Å². The lowest BCUT2D eigenvalue weighted by atomic mass is 9.90. The first kappa shape index (κ1) is 17.7. The molecule has 0 radical (unpaired) electrons. The lowest BCUT2D eigenvalue weighted by molar-refractivity contribution is 0.164. The highest BCUT2D eigenvalue weighted by atomic mass is 32.2. The van der Waals surface area contributed by atoms with Crippen molar-refractivity contribution >= 4 is 26.6 Å².